The van der Waals surface area contributed by atoms with Crippen LogP contribution >= 0.6 is 34.4 Å². The summed E-state index contributed by atoms with van der Waals surface area (Å²) < 4.78 is 1.87. The molecule has 0 aliphatic carbocycles. The quantitative estimate of drug-likeness (QED) is 0.364. The summed E-state index contributed by atoms with van der Waals surface area (Å²) in [6.45, 7) is 2.93. The number of nitrogens with zero attached hydrogens (tertiary/aromatic N) is 2. The summed E-state index contributed by atoms with van der Waals surface area (Å²) in [5.74, 6) is -0.332. The lowest BCUT2D eigenvalue weighted by atomic mass is 10.2. The molecule has 0 unspecified atom stereocenters. The predicted octanol–water partition coefficient (Wildman–Crippen LogP) is 6.00. The number of thiazole rings is 2. The van der Waals surface area contributed by atoms with Crippen LogP contribution < -0.4 is 10.6 Å². The van der Waals surface area contributed by atoms with Gasteiger partial charge in [0.15, 0.2) is 10.3 Å². The Morgan fingerprint density at radius 3 is 1.45 bits per heavy atom. The minimum atomic E-state index is -0.166. The van der Waals surface area contributed by atoms with Crippen LogP contribution in [0.2, 0.25) is 0 Å². The third-order valence-electron chi connectivity index (χ3n) is 4.04. The van der Waals surface area contributed by atoms with Gasteiger partial charge in [-0.15, -0.1) is 0 Å². The van der Waals surface area contributed by atoms with E-state index < -0.39 is 0 Å². The SMILES string of the molecule is CC(=O)Nc1nc(-c2ccccc2)c(Sc2sc(NC(C)=O)nc2-c2ccccc2)s1. The molecule has 31 heavy (non-hydrogen) atoms. The third kappa shape index (κ3) is 5.19. The second-order valence-electron chi connectivity index (χ2n) is 6.51. The van der Waals surface area contributed by atoms with Gasteiger partial charge in [-0.05, 0) is 0 Å². The van der Waals surface area contributed by atoms with Crippen LogP contribution in [0.15, 0.2) is 69.1 Å². The van der Waals surface area contributed by atoms with E-state index in [1.54, 1.807) is 0 Å². The van der Waals surface area contributed by atoms with Gasteiger partial charge >= 0.3 is 0 Å². The van der Waals surface area contributed by atoms with Gasteiger partial charge in [0.1, 0.15) is 0 Å². The van der Waals surface area contributed by atoms with E-state index in [1.165, 1.54) is 48.3 Å². The molecular formula is C22H18N4O2S3. The van der Waals surface area contributed by atoms with Crippen LogP contribution in [0.1, 0.15) is 13.8 Å². The minimum absolute atomic E-state index is 0.166. The Labute approximate surface area is 191 Å². The predicted molar refractivity (Wildman–Crippen MR) is 128 cm³/mol. The van der Waals surface area contributed by atoms with Gasteiger partial charge in [-0.25, -0.2) is 9.97 Å². The Morgan fingerprint density at radius 1 is 0.710 bits per heavy atom. The summed E-state index contributed by atoms with van der Waals surface area (Å²) in [6.07, 6.45) is 0. The average Bonchev–Trinajstić information content (AvgIpc) is 3.32. The number of aromatic nitrogens is 2. The first-order valence-corrected chi connectivity index (χ1v) is 11.8. The highest BCUT2D eigenvalue weighted by atomic mass is 32.2. The van der Waals surface area contributed by atoms with Crippen molar-refractivity contribution in [3.63, 3.8) is 0 Å². The maximum atomic E-state index is 11.6. The number of carbonyl (C=O) groups excluding carboxylic acids is 2. The molecule has 2 N–H and O–H groups in total. The third-order valence-corrected chi connectivity index (χ3v) is 7.33. The second kappa shape index (κ2) is 9.42. The molecular weight excluding hydrogens is 448 g/mol. The number of amides is 2. The largest absolute Gasteiger partial charge is 0.302 e. The summed E-state index contributed by atoms with van der Waals surface area (Å²) in [7, 11) is 0. The zero-order valence-corrected chi connectivity index (χ0v) is 19.2. The molecule has 0 saturated carbocycles. The molecule has 2 amide bonds. The smallest absolute Gasteiger partial charge is 0.223 e. The Balaban J connectivity index is 1.78. The van der Waals surface area contributed by atoms with Crippen molar-refractivity contribution in [1.29, 1.82) is 0 Å². The van der Waals surface area contributed by atoms with Crippen molar-refractivity contribution in [3.8, 4) is 22.5 Å². The molecule has 0 aliphatic rings. The zero-order valence-electron chi connectivity index (χ0n) is 16.7. The maximum Gasteiger partial charge on any atom is 0.223 e. The first-order chi connectivity index (χ1) is 15.0. The summed E-state index contributed by atoms with van der Waals surface area (Å²) in [6, 6.07) is 19.7. The van der Waals surface area contributed by atoms with Crippen molar-refractivity contribution in [1.82, 2.24) is 9.97 Å². The zero-order chi connectivity index (χ0) is 21.8. The number of anilines is 2. The van der Waals surface area contributed by atoms with Gasteiger partial charge in [-0.2, -0.15) is 0 Å². The van der Waals surface area contributed by atoms with Crippen LogP contribution in [0.4, 0.5) is 10.3 Å². The molecule has 6 nitrogen and oxygen atoms in total. The van der Waals surface area contributed by atoms with Crippen LogP contribution in [0, 0.1) is 0 Å². The van der Waals surface area contributed by atoms with E-state index >= 15 is 0 Å². The molecule has 0 spiro atoms. The fourth-order valence-electron chi connectivity index (χ4n) is 2.80. The van der Waals surface area contributed by atoms with E-state index in [2.05, 4.69) is 20.6 Å². The molecule has 0 bridgehead atoms. The first kappa shape index (κ1) is 21.2. The number of nitrogens with one attached hydrogen (secondary N) is 2. The highest BCUT2D eigenvalue weighted by molar-refractivity contribution is 8.03. The maximum absolute atomic E-state index is 11.6. The topological polar surface area (TPSA) is 84.0 Å². The minimum Gasteiger partial charge on any atom is -0.302 e. The van der Waals surface area contributed by atoms with Crippen molar-refractivity contribution < 1.29 is 9.59 Å². The Hall–Kier alpha value is -3.01. The van der Waals surface area contributed by atoms with E-state index in [0.29, 0.717) is 10.3 Å². The summed E-state index contributed by atoms with van der Waals surface area (Å²) in [5, 5.41) is 6.66. The molecule has 2 heterocycles. The van der Waals surface area contributed by atoms with Crippen LogP contribution in [0.25, 0.3) is 22.5 Å². The van der Waals surface area contributed by atoms with Gasteiger partial charge < -0.3 is 10.6 Å². The van der Waals surface area contributed by atoms with Crippen molar-refractivity contribution in [2.45, 2.75) is 22.3 Å². The number of benzene rings is 2. The van der Waals surface area contributed by atoms with Crippen LogP contribution in [0.3, 0.4) is 0 Å². The Kier molecular flexibility index (Phi) is 6.45. The molecule has 0 atom stereocenters. The molecule has 0 radical (unpaired) electrons. The monoisotopic (exact) mass is 466 g/mol. The van der Waals surface area contributed by atoms with E-state index in [-0.39, 0.29) is 11.8 Å². The van der Waals surface area contributed by atoms with Crippen LogP contribution in [-0.4, -0.2) is 21.8 Å². The molecule has 0 fully saturated rings. The van der Waals surface area contributed by atoms with Gasteiger partial charge in [0.05, 0.1) is 19.8 Å². The van der Waals surface area contributed by atoms with E-state index in [0.717, 1.165) is 30.9 Å². The number of hydrogen-bond acceptors (Lipinski definition) is 7. The highest BCUT2D eigenvalue weighted by Gasteiger charge is 2.20. The van der Waals surface area contributed by atoms with E-state index in [4.69, 9.17) is 0 Å². The van der Waals surface area contributed by atoms with Gasteiger partial charge in [0, 0.05) is 25.0 Å². The van der Waals surface area contributed by atoms with Crippen LogP contribution in [-0.2, 0) is 9.59 Å². The lowest BCUT2D eigenvalue weighted by Crippen LogP contribution is -2.04. The Morgan fingerprint density at radius 2 is 1.10 bits per heavy atom. The normalized spacial score (nSPS) is 10.6. The first-order valence-electron chi connectivity index (χ1n) is 9.35. The van der Waals surface area contributed by atoms with Gasteiger partial charge in [0.2, 0.25) is 11.8 Å². The number of carbonyl (C=O) groups is 2. The molecule has 2 aromatic carbocycles. The summed E-state index contributed by atoms with van der Waals surface area (Å²) in [5.41, 5.74) is 3.53. The molecule has 0 aliphatic heterocycles. The fraction of sp³-hybridized carbons (Fsp3) is 0.0909. The van der Waals surface area contributed by atoms with E-state index in [9.17, 15) is 9.59 Å². The number of hydrogen-bond donors (Lipinski definition) is 2. The van der Waals surface area contributed by atoms with Crippen molar-refractivity contribution in [3.05, 3.63) is 60.7 Å². The summed E-state index contributed by atoms with van der Waals surface area (Å²) >= 11 is 4.37. The second-order valence-corrected chi connectivity index (χ2v) is 10.0. The Bertz CT molecular complexity index is 1120. The van der Waals surface area contributed by atoms with Gasteiger partial charge in [0.25, 0.3) is 0 Å². The molecule has 4 aromatic rings. The molecule has 0 saturated heterocycles. The van der Waals surface area contributed by atoms with Gasteiger partial charge in [-0.3, -0.25) is 9.59 Å². The molecule has 2 aromatic heterocycles. The van der Waals surface area contributed by atoms with Crippen molar-refractivity contribution in [2.24, 2.45) is 0 Å². The van der Waals surface area contributed by atoms with Crippen molar-refractivity contribution in [2.75, 3.05) is 10.6 Å². The highest BCUT2D eigenvalue weighted by Crippen LogP contribution is 2.47. The van der Waals surface area contributed by atoms with Crippen molar-refractivity contribution >= 4 is 56.5 Å². The average molecular weight is 467 g/mol. The molecule has 156 valence electrons. The molecule has 9 heteroatoms. The lowest BCUT2D eigenvalue weighted by Gasteiger charge is -2.03. The lowest BCUT2D eigenvalue weighted by molar-refractivity contribution is -0.115. The number of rotatable bonds is 6. The van der Waals surface area contributed by atoms with Crippen LogP contribution in [0.5, 0.6) is 0 Å². The summed E-state index contributed by atoms with van der Waals surface area (Å²) in [4.78, 5) is 32.5. The van der Waals surface area contributed by atoms with Gasteiger partial charge in [-0.1, -0.05) is 95.1 Å². The van der Waals surface area contributed by atoms with E-state index in [1.807, 2.05) is 60.7 Å². The molecule has 4 rings (SSSR count). The standard InChI is InChI=1S/C22H18N4O2S3/c1-13(27)23-21-25-17(15-9-5-3-6-10-15)19(30-21)29-20-18(16-11-7-4-8-12-16)26-22(31-20)24-14(2)28/h3-12H,1-2H3,(H,23,25,27)(H,24,26,28). The fourth-order valence-corrected chi connectivity index (χ4v) is 6.49.